The van der Waals surface area contributed by atoms with Crippen LogP contribution in [0.4, 0.5) is 10.5 Å². The van der Waals surface area contributed by atoms with E-state index in [1.54, 1.807) is 30.3 Å². The highest BCUT2D eigenvalue weighted by Gasteiger charge is 2.10. The standard InChI is InChI=1S/C11H9N3O3S/c15-8-6-9(16)14(11(18)13-8)10(17)12-7-4-2-1-3-5-7/h1-6,16H,(H,12,17)(H,13,15,18). The number of hydrogen-bond donors (Lipinski definition) is 3. The second-order valence-corrected chi connectivity index (χ2v) is 3.82. The fourth-order valence-electron chi connectivity index (χ4n) is 1.38. The largest absolute Gasteiger partial charge is 0.494 e. The topological polar surface area (TPSA) is 87.1 Å². The van der Waals surface area contributed by atoms with Gasteiger partial charge in [0.1, 0.15) is 0 Å². The molecule has 1 aromatic heterocycles. The summed E-state index contributed by atoms with van der Waals surface area (Å²) in [4.78, 5) is 25.1. The van der Waals surface area contributed by atoms with E-state index in [1.807, 2.05) is 0 Å². The zero-order chi connectivity index (χ0) is 13.1. The van der Waals surface area contributed by atoms with E-state index in [1.165, 1.54) is 0 Å². The number of rotatable bonds is 1. The van der Waals surface area contributed by atoms with Crippen LogP contribution >= 0.6 is 12.2 Å². The van der Waals surface area contributed by atoms with E-state index in [-0.39, 0.29) is 4.77 Å². The molecule has 3 N–H and O–H groups in total. The van der Waals surface area contributed by atoms with Gasteiger partial charge in [0.25, 0.3) is 5.56 Å². The van der Waals surface area contributed by atoms with Crippen LogP contribution in [0.5, 0.6) is 5.88 Å². The van der Waals surface area contributed by atoms with Crippen molar-refractivity contribution in [3.8, 4) is 5.88 Å². The molecular formula is C11H9N3O3S. The zero-order valence-corrected chi connectivity index (χ0v) is 9.90. The lowest BCUT2D eigenvalue weighted by Crippen LogP contribution is -2.23. The van der Waals surface area contributed by atoms with Crippen LogP contribution < -0.4 is 10.9 Å². The minimum atomic E-state index is -0.653. The van der Waals surface area contributed by atoms with Crippen molar-refractivity contribution in [3.63, 3.8) is 0 Å². The first-order chi connectivity index (χ1) is 8.58. The van der Waals surface area contributed by atoms with Crippen molar-refractivity contribution >= 4 is 23.9 Å². The maximum atomic E-state index is 11.9. The van der Waals surface area contributed by atoms with Crippen LogP contribution in [0.25, 0.3) is 0 Å². The third kappa shape index (κ3) is 2.46. The molecule has 92 valence electrons. The number of aromatic nitrogens is 2. The highest BCUT2D eigenvalue weighted by Crippen LogP contribution is 2.09. The average Bonchev–Trinajstić information content (AvgIpc) is 2.28. The molecule has 0 bridgehead atoms. The Morgan fingerprint density at radius 1 is 1.33 bits per heavy atom. The molecule has 0 saturated carbocycles. The first-order valence-corrected chi connectivity index (χ1v) is 5.40. The van der Waals surface area contributed by atoms with Gasteiger partial charge in [-0.3, -0.25) is 9.78 Å². The summed E-state index contributed by atoms with van der Waals surface area (Å²) >= 11 is 4.81. The fourth-order valence-corrected chi connectivity index (χ4v) is 1.66. The van der Waals surface area contributed by atoms with Crippen molar-refractivity contribution in [2.75, 3.05) is 5.32 Å². The number of nitrogens with zero attached hydrogens (tertiary/aromatic N) is 1. The monoisotopic (exact) mass is 263 g/mol. The van der Waals surface area contributed by atoms with Gasteiger partial charge in [0, 0.05) is 5.69 Å². The van der Waals surface area contributed by atoms with E-state index in [4.69, 9.17) is 12.2 Å². The number of aromatic amines is 1. The predicted molar refractivity (Wildman–Crippen MR) is 68.4 cm³/mol. The first-order valence-electron chi connectivity index (χ1n) is 4.99. The molecule has 0 aliphatic carbocycles. The Bertz CT molecular complexity index is 691. The van der Waals surface area contributed by atoms with Crippen molar-refractivity contribution in [2.45, 2.75) is 0 Å². The van der Waals surface area contributed by atoms with Gasteiger partial charge < -0.3 is 10.4 Å². The summed E-state index contributed by atoms with van der Waals surface area (Å²) in [6.07, 6.45) is 0. The van der Waals surface area contributed by atoms with Gasteiger partial charge in [-0.1, -0.05) is 18.2 Å². The van der Waals surface area contributed by atoms with E-state index < -0.39 is 17.5 Å². The second-order valence-electron chi connectivity index (χ2n) is 3.43. The minimum absolute atomic E-state index is 0.173. The van der Waals surface area contributed by atoms with Gasteiger partial charge >= 0.3 is 6.03 Å². The lowest BCUT2D eigenvalue weighted by atomic mass is 10.3. The molecule has 0 aliphatic rings. The highest BCUT2D eigenvalue weighted by atomic mass is 32.1. The summed E-state index contributed by atoms with van der Waals surface area (Å²) in [5, 5.41) is 12.1. The van der Waals surface area contributed by atoms with Crippen LogP contribution in [0.1, 0.15) is 0 Å². The van der Waals surface area contributed by atoms with E-state index in [0.717, 1.165) is 10.6 Å². The summed E-state index contributed by atoms with van der Waals surface area (Å²) in [5.74, 6) is -0.516. The van der Waals surface area contributed by atoms with Gasteiger partial charge in [0.2, 0.25) is 5.88 Å². The molecule has 0 radical (unpaired) electrons. The Labute approximate surface area is 107 Å². The van der Waals surface area contributed by atoms with E-state index >= 15 is 0 Å². The average molecular weight is 263 g/mol. The van der Waals surface area contributed by atoms with Gasteiger partial charge in [-0.25, -0.2) is 9.36 Å². The van der Waals surface area contributed by atoms with Crippen LogP contribution in [0.15, 0.2) is 41.2 Å². The predicted octanol–water partition coefficient (Wildman–Crippen LogP) is 1.69. The summed E-state index contributed by atoms with van der Waals surface area (Å²) < 4.78 is 0.623. The van der Waals surface area contributed by atoms with E-state index in [9.17, 15) is 14.7 Å². The number of benzene rings is 1. The van der Waals surface area contributed by atoms with Crippen LogP contribution in [0, 0.1) is 4.77 Å². The van der Waals surface area contributed by atoms with Crippen LogP contribution in [-0.2, 0) is 0 Å². The molecule has 7 heteroatoms. The second kappa shape index (κ2) is 4.84. The maximum Gasteiger partial charge on any atom is 0.335 e. The van der Waals surface area contributed by atoms with Gasteiger partial charge in [-0.2, -0.15) is 0 Å². The molecule has 1 heterocycles. The third-order valence-corrected chi connectivity index (χ3v) is 2.44. The number of carbonyl (C=O) groups excluding carboxylic acids is 1. The Morgan fingerprint density at radius 2 is 2.00 bits per heavy atom. The number of hydrogen-bond acceptors (Lipinski definition) is 4. The van der Waals surface area contributed by atoms with Crippen molar-refractivity contribution in [3.05, 3.63) is 51.5 Å². The molecule has 0 atom stereocenters. The maximum absolute atomic E-state index is 11.9. The van der Waals surface area contributed by atoms with Gasteiger partial charge in [0.05, 0.1) is 6.07 Å². The smallest absolute Gasteiger partial charge is 0.335 e. The molecule has 1 amide bonds. The number of anilines is 1. The van der Waals surface area contributed by atoms with Crippen LogP contribution in [-0.4, -0.2) is 20.7 Å². The zero-order valence-electron chi connectivity index (χ0n) is 9.08. The van der Waals surface area contributed by atoms with Gasteiger partial charge in [0.15, 0.2) is 4.77 Å². The SMILES string of the molecule is O=C(Nc1ccccc1)n1c(O)cc(=O)[nH]c1=S. The van der Waals surface area contributed by atoms with E-state index in [0.29, 0.717) is 5.69 Å². The number of carbonyl (C=O) groups is 1. The Kier molecular flexibility index (Phi) is 3.24. The number of H-pyrrole nitrogens is 1. The molecule has 0 saturated heterocycles. The molecule has 0 spiro atoms. The molecule has 1 aromatic carbocycles. The van der Waals surface area contributed by atoms with Crippen molar-refractivity contribution < 1.29 is 9.90 Å². The molecule has 0 fully saturated rings. The summed E-state index contributed by atoms with van der Waals surface area (Å²) in [6.45, 7) is 0. The van der Waals surface area contributed by atoms with Gasteiger partial charge in [-0.15, -0.1) is 0 Å². The van der Waals surface area contributed by atoms with E-state index in [2.05, 4.69) is 10.3 Å². The molecule has 18 heavy (non-hydrogen) atoms. The van der Waals surface area contributed by atoms with Crippen molar-refractivity contribution in [1.82, 2.24) is 9.55 Å². The quantitative estimate of drug-likeness (QED) is 0.683. The number of amides is 1. The number of nitrogens with one attached hydrogen (secondary N) is 2. The summed E-state index contributed by atoms with van der Waals surface area (Å²) in [6, 6.07) is 8.90. The molecule has 2 rings (SSSR count). The normalized spacial score (nSPS) is 10.0. The van der Waals surface area contributed by atoms with Crippen LogP contribution in [0.3, 0.4) is 0 Å². The van der Waals surface area contributed by atoms with Crippen molar-refractivity contribution in [2.24, 2.45) is 0 Å². The fraction of sp³-hybridized carbons (Fsp3) is 0. The molecular weight excluding hydrogens is 254 g/mol. The van der Waals surface area contributed by atoms with Crippen molar-refractivity contribution in [1.29, 1.82) is 0 Å². The van der Waals surface area contributed by atoms with Gasteiger partial charge in [-0.05, 0) is 24.4 Å². The Balaban J connectivity index is 2.36. The highest BCUT2D eigenvalue weighted by molar-refractivity contribution is 7.71. The number of para-hydroxylation sites is 1. The Morgan fingerprint density at radius 3 is 2.61 bits per heavy atom. The summed E-state index contributed by atoms with van der Waals surface area (Å²) in [7, 11) is 0. The summed E-state index contributed by atoms with van der Waals surface area (Å²) in [5.41, 5.74) is -0.0174. The molecule has 2 aromatic rings. The van der Waals surface area contributed by atoms with Crippen LogP contribution in [0.2, 0.25) is 0 Å². The minimum Gasteiger partial charge on any atom is -0.494 e. The lowest BCUT2D eigenvalue weighted by molar-refractivity contribution is 0.249. The first kappa shape index (κ1) is 12.1. The Hall–Kier alpha value is -2.41. The third-order valence-electron chi connectivity index (χ3n) is 2.15. The molecule has 0 aliphatic heterocycles. The number of aromatic hydroxyl groups is 1. The lowest BCUT2D eigenvalue weighted by Gasteiger charge is -2.08. The molecule has 0 unspecified atom stereocenters. The molecule has 6 nitrogen and oxygen atoms in total.